The highest BCUT2D eigenvalue weighted by Crippen LogP contribution is 2.42. The van der Waals surface area contributed by atoms with Gasteiger partial charge in [0, 0.05) is 29.5 Å². The Kier molecular flexibility index (Phi) is 6.25. The van der Waals surface area contributed by atoms with Gasteiger partial charge in [-0.1, -0.05) is 24.3 Å². The lowest BCUT2D eigenvalue weighted by Gasteiger charge is -2.42. The van der Waals surface area contributed by atoms with Crippen molar-refractivity contribution in [3.63, 3.8) is 0 Å². The zero-order valence-corrected chi connectivity index (χ0v) is 18.6. The molecule has 1 aromatic rings. The number of aliphatic hydroxyl groups is 1. The third kappa shape index (κ3) is 3.92. The molecule has 162 valence electrons. The highest BCUT2D eigenvalue weighted by Gasteiger charge is 2.47. The van der Waals surface area contributed by atoms with E-state index in [0.717, 1.165) is 48.7 Å². The molecule has 4 rings (SSSR count). The first-order chi connectivity index (χ1) is 14.3. The molecule has 3 heterocycles. The number of aromatic nitrogens is 2. The average Bonchev–Trinajstić information content (AvgIpc) is 3.03. The van der Waals surface area contributed by atoms with E-state index < -0.39 is 6.04 Å². The topological polar surface area (TPSA) is 111 Å². The average molecular weight is 450 g/mol. The van der Waals surface area contributed by atoms with Crippen LogP contribution in [-0.4, -0.2) is 53.0 Å². The fourth-order valence-electron chi connectivity index (χ4n) is 4.35. The first-order valence-electron chi connectivity index (χ1n) is 10.1. The Balaban J connectivity index is 1.49. The minimum Gasteiger partial charge on any atom is -0.390 e. The van der Waals surface area contributed by atoms with Gasteiger partial charge in [-0.3, -0.25) is 0 Å². The molecule has 0 radical (unpaired) electrons. The van der Waals surface area contributed by atoms with Crippen LogP contribution < -0.4 is 16.4 Å². The number of rotatable bonds is 4. The van der Waals surface area contributed by atoms with Gasteiger partial charge in [-0.25, -0.2) is 9.97 Å². The van der Waals surface area contributed by atoms with Crippen LogP contribution in [0.4, 0.5) is 5.69 Å². The van der Waals surface area contributed by atoms with E-state index in [9.17, 15) is 5.11 Å². The van der Waals surface area contributed by atoms with E-state index in [-0.39, 0.29) is 24.2 Å². The Bertz CT molecular complexity index is 897. The van der Waals surface area contributed by atoms with Crippen LogP contribution in [-0.2, 0) is 11.3 Å². The van der Waals surface area contributed by atoms with Gasteiger partial charge >= 0.3 is 0 Å². The molecule has 3 aliphatic rings. The second-order valence-electron chi connectivity index (χ2n) is 8.23. The number of hydrogen-bond acceptors (Lipinski definition) is 8. The van der Waals surface area contributed by atoms with Gasteiger partial charge in [0.2, 0.25) is 0 Å². The summed E-state index contributed by atoms with van der Waals surface area (Å²) in [6.45, 7) is 8.17. The quantitative estimate of drug-likeness (QED) is 0.600. The molecule has 0 bridgehead atoms. The molecule has 1 unspecified atom stereocenters. The molecule has 9 heteroatoms. The molecule has 0 amide bonds. The lowest BCUT2D eigenvalue weighted by Crippen LogP contribution is -2.50. The lowest BCUT2D eigenvalue weighted by molar-refractivity contribution is 0.0974. The molecule has 1 spiro atoms. The van der Waals surface area contributed by atoms with Crippen molar-refractivity contribution in [1.29, 1.82) is 0 Å². The molecule has 0 aromatic carbocycles. The van der Waals surface area contributed by atoms with Crippen LogP contribution in [0.1, 0.15) is 25.5 Å². The standard InChI is InChI=1S/C21H28ClN5O2S/c1-12-3-4-16(17(22)18(12)23)30-20-25-9-15(14(10-28)26-20)27-7-5-21(6-8-27)11-29-13(2)19(21)24/h3-4,9,13,18-19,28H,1,5-8,10-11,23-24H2,2H3/t13-,18?,19+/m0/s1. The molecule has 1 aliphatic carbocycles. The smallest absolute Gasteiger partial charge is 0.192 e. The number of hydrogen-bond donors (Lipinski definition) is 3. The van der Waals surface area contributed by atoms with E-state index in [1.807, 2.05) is 19.1 Å². The molecule has 0 saturated carbocycles. The Hall–Kier alpha value is -1.42. The second-order valence-corrected chi connectivity index (χ2v) is 9.65. The minimum absolute atomic E-state index is 0.0469. The van der Waals surface area contributed by atoms with Crippen LogP contribution >= 0.6 is 23.4 Å². The van der Waals surface area contributed by atoms with Crippen LogP contribution in [0.25, 0.3) is 0 Å². The number of anilines is 1. The van der Waals surface area contributed by atoms with E-state index in [1.165, 1.54) is 11.8 Å². The van der Waals surface area contributed by atoms with Gasteiger partial charge in [-0.2, -0.15) is 0 Å². The maximum atomic E-state index is 9.94. The summed E-state index contributed by atoms with van der Waals surface area (Å²) in [7, 11) is 0. The maximum absolute atomic E-state index is 9.94. The van der Waals surface area contributed by atoms with Crippen molar-refractivity contribution in [1.82, 2.24) is 9.97 Å². The van der Waals surface area contributed by atoms with Crippen molar-refractivity contribution < 1.29 is 9.84 Å². The zero-order valence-electron chi connectivity index (χ0n) is 17.1. The number of nitrogens with two attached hydrogens (primary N) is 2. The molecular formula is C21H28ClN5O2S. The van der Waals surface area contributed by atoms with E-state index in [0.29, 0.717) is 15.9 Å². The Labute approximate surface area is 186 Å². The first kappa shape index (κ1) is 21.8. The molecule has 3 atom stereocenters. The first-order valence-corrected chi connectivity index (χ1v) is 11.3. The van der Waals surface area contributed by atoms with E-state index in [4.69, 9.17) is 27.8 Å². The van der Waals surface area contributed by atoms with Crippen molar-refractivity contribution in [2.24, 2.45) is 16.9 Å². The van der Waals surface area contributed by atoms with Gasteiger partial charge in [0.25, 0.3) is 0 Å². The zero-order chi connectivity index (χ0) is 21.5. The number of aliphatic hydroxyl groups excluding tert-OH is 1. The van der Waals surface area contributed by atoms with Gasteiger partial charge in [0.1, 0.15) is 0 Å². The third-order valence-electron chi connectivity index (χ3n) is 6.48. The molecule has 2 saturated heterocycles. The van der Waals surface area contributed by atoms with E-state index in [2.05, 4.69) is 21.4 Å². The van der Waals surface area contributed by atoms with Crippen molar-refractivity contribution in [3.8, 4) is 0 Å². The lowest BCUT2D eigenvalue weighted by atomic mass is 9.73. The predicted molar refractivity (Wildman–Crippen MR) is 120 cm³/mol. The van der Waals surface area contributed by atoms with Gasteiger partial charge in [-0.05, 0) is 43.2 Å². The molecule has 7 nitrogen and oxygen atoms in total. The van der Waals surface area contributed by atoms with E-state index in [1.54, 1.807) is 6.20 Å². The van der Waals surface area contributed by atoms with Crippen molar-refractivity contribution >= 4 is 29.1 Å². The normalized spacial score (nSPS) is 28.6. The van der Waals surface area contributed by atoms with Gasteiger partial charge < -0.3 is 26.2 Å². The number of allylic oxidation sites excluding steroid dienone is 1. The number of halogens is 1. The van der Waals surface area contributed by atoms with Crippen molar-refractivity contribution in [2.45, 2.75) is 49.7 Å². The molecule has 2 fully saturated rings. The van der Waals surface area contributed by atoms with Crippen LogP contribution in [0.3, 0.4) is 0 Å². The fourth-order valence-corrected chi connectivity index (χ4v) is 5.49. The van der Waals surface area contributed by atoms with Crippen LogP contribution in [0.5, 0.6) is 0 Å². The highest BCUT2D eigenvalue weighted by molar-refractivity contribution is 8.03. The summed E-state index contributed by atoms with van der Waals surface area (Å²) < 4.78 is 5.81. The summed E-state index contributed by atoms with van der Waals surface area (Å²) in [6, 6.07) is -0.346. The molecular weight excluding hydrogens is 422 g/mol. The minimum atomic E-state index is -0.412. The highest BCUT2D eigenvalue weighted by atomic mass is 35.5. The number of nitrogens with zero attached hydrogens (tertiary/aromatic N) is 3. The summed E-state index contributed by atoms with van der Waals surface area (Å²) in [4.78, 5) is 12.1. The Morgan fingerprint density at radius 3 is 2.73 bits per heavy atom. The SMILES string of the molecule is C=C1C=CC(Sc2ncc(N3CCC4(CC3)CO[C@@H](C)[C@H]4N)c(CO)n2)=C(Cl)C1N. The van der Waals surface area contributed by atoms with Gasteiger partial charge in [0.05, 0.1) is 48.0 Å². The maximum Gasteiger partial charge on any atom is 0.192 e. The summed E-state index contributed by atoms with van der Waals surface area (Å²) in [5, 5.41) is 11.0. The Morgan fingerprint density at radius 2 is 2.10 bits per heavy atom. The summed E-state index contributed by atoms with van der Waals surface area (Å²) in [5.74, 6) is 0. The van der Waals surface area contributed by atoms with Crippen molar-refractivity contribution in [3.05, 3.63) is 46.1 Å². The fraction of sp³-hybridized carbons (Fsp3) is 0.524. The molecule has 1 aromatic heterocycles. The molecule has 5 N–H and O–H groups in total. The van der Waals surface area contributed by atoms with Crippen LogP contribution in [0.2, 0.25) is 0 Å². The summed E-state index contributed by atoms with van der Waals surface area (Å²) >= 11 is 7.71. The predicted octanol–water partition coefficient (Wildman–Crippen LogP) is 2.30. The number of thioether (sulfide) groups is 1. The Morgan fingerprint density at radius 1 is 1.37 bits per heavy atom. The van der Waals surface area contributed by atoms with Gasteiger partial charge in [-0.15, -0.1) is 0 Å². The third-order valence-corrected chi connectivity index (χ3v) is 7.98. The van der Waals surface area contributed by atoms with E-state index >= 15 is 0 Å². The summed E-state index contributed by atoms with van der Waals surface area (Å²) in [5.41, 5.74) is 14.8. The van der Waals surface area contributed by atoms with Crippen LogP contribution in [0.15, 0.2) is 45.6 Å². The largest absolute Gasteiger partial charge is 0.390 e. The van der Waals surface area contributed by atoms with Gasteiger partial charge in [0.15, 0.2) is 5.16 Å². The number of ether oxygens (including phenoxy) is 1. The number of piperidine rings is 1. The molecule has 30 heavy (non-hydrogen) atoms. The van der Waals surface area contributed by atoms with Crippen molar-refractivity contribution in [2.75, 3.05) is 24.6 Å². The monoisotopic (exact) mass is 449 g/mol. The second kappa shape index (κ2) is 8.61. The van der Waals surface area contributed by atoms with Crippen LogP contribution in [0, 0.1) is 5.41 Å². The molecule has 2 aliphatic heterocycles. The summed E-state index contributed by atoms with van der Waals surface area (Å²) in [6.07, 6.45) is 7.51.